The van der Waals surface area contributed by atoms with Crippen molar-refractivity contribution in [1.82, 2.24) is 10.2 Å². The molecule has 1 aliphatic heterocycles. The first-order valence-corrected chi connectivity index (χ1v) is 10.4. The second kappa shape index (κ2) is 7.30. The highest BCUT2D eigenvalue weighted by molar-refractivity contribution is 7.92. The lowest BCUT2D eigenvalue weighted by Gasteiger charge is -2.23. The maximum absolute atomic E-state index is 12.6. The smallest absolute Gasteiger partial charge is 0.323 e. The average molecular weight is 395 g/mol. The van der Waals surface area contributed by atoms with Gasteiger partial charge in [0.1, 0.15) is 5.54 Å². The SMILES string of the molecule is CC(C)C[C@@]1(C)NC(=O)N(CC(=O)c2ccc(N(C)S(C)(=O)=O)cc2)C1=O. The van der Waals surface area contributed by atoms with Crippen LogP contribution in [0.15, 0.2) is 24.3 Å². The van der Waals surface area contributed by atoms with Crippen LogP contribution in [-0.2, 0) is 14.8 Å². The Morgan fingerprint density at radius 2 is 1.78 bits per heavy atom. The number of sulfonamides is 1. The number of nitrogens with one attached hydrogen (secondary N) is 1. The molecule has 1 aromatic carbocycles. The van der Waals surface area contributed by atoms with E-state index in [9.17, 15) is 22.8 Å². The van der Waals surface area contributed by atoms with E-state index in [1.807, 2.05) is 13.8 Å². The summed E-state index contributed by atoms with van der Waals surface area (Å²) in [6.45, 7) is 5.20. The summed E-state index contributed by atoms with van der Waals surface area (Å²) in [6, 6.07) is 5.38. The molecule has 1 aromatic rings. The minimum Gasteiger partial charge on any atom is -0.323 e. The fourth-order valence-corrected chi connectivity index (χ4v) is 3.63. The van der Waals surface area contributed by atoms with Gasteiger partial charge in [-0.3, -0.25) is 18.8 Å². The van der Waals surface area contributed by atoms with Gasteiger partial charge in [0.15, 0.2) is 5.78 Å². The van der Waals surface area contributed by atoms with Crippen molar-refractivity contribution in [2.75, 3.05) is 24.2 Å². The highest BCUT2D eigenvalue weighted by Gasteiger charge is 2.48. The van der Waals surface area contributed by atoms with Gasteiger partial charge in [-0.25, -0.2) is 13.2 Å². The number of hydrogen-bond acceptors (Lipinski definition) is 5. The minimum absolute atomic E-state index is 0.203. The van der Waals surface area contributed by atoms with Gasteiger partial charge in [-0.1, -0.05) is 13.8 Å². The molecule has 1 atom stereocenters. The number of Topliss-reactive ketones (excluding diaryl/α,β-unsaturated/α-hetero) is 1. The van der Waals surface area contributed by atoms with E-state index in [1.54, 1.807) is 6.92 Å². The van der Waals surface area contributed by atoms with Crippen molar-refractivity contribution in [3.05, 3.63) is 29.8 Å². The van der Waals surface area contributed by atoms with Crippen LogP contribution in [0.25, 0.3) is 0 Å². The summed E-state index contributed by atoms with van der Waals surface area (Å²) in [6.07, 6.45) is 1.56. The van der Waals surface area contributed by atoms with E-state index in [-0.39, 0.29) is 12.5 Å². The molecule has 0 unspecified atom stereocenters. The van der Waals surface area contributed by atoms with Crippen molar-refractivity contribution in [3.63, 3.8) is 0 Å². The third kappa shape index (κ3) is 4.47. The normalized spacial score (nSPS) is 20.1. The van der Waals surface area contributed by atoms with E-state index in [4.69, 9.17) is 0 Å². The predicted molar refractivity (Wildman–Crippen MR) is 102 cm³/mol. The molecule has 0 saturated carbocycles. The van der Waals surface area contributed by atoms with Crippen molar-refractivity contribution in [2.24, 2.45) is 5.92 Å². The molecule has 0 radical (unpaired) electrons. The van der Waals surface area contributed by atoms with Crippen LogP contribution in [0.3, 0.4) is 0 Å². The number of benzene rings is 1. The van der Waals surface area contributed by atoms with Crippen LogP contribution in [0, 0.1) is 5.92 Å². The van der Waals surface area contributed by atoms with Crippen LogP contribution in [-0.4, -0.2) is 56.4 Å². The molecule has 9 heteroatoms. The fraction of sp³-hybridized carbons (Fsp3) is 0.500. The Morgan fingerprint density at radius 1 is 1.22 bits per heavy atom. The molecule has 0 spiro atoms. The van der Waals surface area contributed by atoms with Gasteiger partial charge in [-0.15, -0.1) is 0 Å². The van der Waals surface area contributed by atoms with Gasteiger partial charge in [-0.2, -0.15) is 0 Å². The Balaban J connectivity index is 2.13. The van der Waals surface area contributed by atoms with Gasteiger partial charge < -0.3 is 5.32 Å². The predicted octanol–water partition coefficient (Wildman–Crippen LogP) is 1.62. The van der Waals surface area contributed by atoms with Gasteiger partial charge in [0.05, 0.1) is 18.5 Å². The van der Waals surface area contributed by atoms with Gasteiger partial charge in [0.2, 0.25) is 10.0 Å². The summed E-state index contributed by atoms with van der Waals surface area (Å²) >= 11 is 0. The van der Waals surface area contributed by atoms with Crippen LogP contribution in [0.4, 0.5) is 10.5 Å². The zero-order valence-electron chi connectivity index (χ0n) is 16.1. The molecule has 0 bridgehead atoms. The van der Waals surface area contributed by atoms with E-state index in [2.05, 4.69) is 5.32 Å². The number of carbonyl (C=O) groups is 3. The highest BCUT2D eigenvalue weighted by atomic mass is 32.2. The Hall–Kier alpha value is -2.42. The number of amides is 3. The first kappa shape index (κ1) is 20.9. The highest BCUT2D eigenvalue weighted by Crippen LogP contribution is 2.25. The Labute approximate surface area is 159 Å². The number of urea groups is 1. The zero-order chi connectivity index (χ0) is 20.6. The maximum atomic E-state index is 12.6. The molecule has 1 aliphatic rings. The molecular weight excluding hydrogens is 370 g/mol. The summed E-state index contributed by atoms with van der Waals surface area (Å²) in [7, 11) is -1.99. The molecule has 0 aromatic heterocycles. The number of anilines is 1. The number of imide groups is 1. The van der Waals surface area contributed by atoms with Crippen molar-refractivity contribution in [1.29, 1.82) is 0 Å². The lowest BCUT2D eigenvalue weighted by Crippen LogP contribution is -2.45. The Kier molecular flexibility index (Phi) is 5.65. The lowest BCUT2D eigenvalue weighted by molar-refractivity contribution is -0.131. The van der Waals surface area contributed by atoms with Crippen molar-refractivity contribution in [3.8, 4) is 0 Å². The number of nitrogens with zero attached hydrogens (tertiary/aromatic N) is 2. The first-order chi connectivity index (χ1) is 12.3. The number of carbonyl (C=O) groups excluding carboxylic acids is 3. The van der Waals surface area contributed by atoms with E-state index < -0.39 is 33.3 Å². The number of ketones is 1. The molecule has 8 nitrogen and oxygen atoms in total. The summed E-state index contributed by atoms with van der Waals surface area (Å²) in [5.41, 5.74) is -0.305. The van der Waals surface area contributed by atoms with Gasteiger partial charge >= 0.3 is 6.03 Å². The van der Waals surface area contributed by atoms with Crippen molar-refractivity contribution >= 4 is 33.4 Å². The topological polar surface area (TPSA) is 104 Å². The van der Waals surface area contributed by atoms with E-state index in [0.29, 0.717) is 17.7 Å². The third-order valence-electron chi connectivity index (χ3n) is 4.51. The standard InChI is InChI=1S/C18H25N3O5S/c1-12(2)10-18(3)16(23)21(17(24)19-18)11-15(22)13-6-8-14(9-7-13)20(4)27(5,25)26/h6-9,12H,10-11H2,1-5H3,(H,19,24)/t18-/m1/s1. The molecule has 1 N–H and O–H groups in total. The lowest BCUT2D eigenvalue weighted by atomic mass is 9.91. The molecule has 27 heavy (non-hydrogen) atoms. The first-order valence-electron chi connectivity index (χ1n) is 8.56. The summed E-state index contributed by atoms with van der Waals surface area (Å²) in [5, 5.41) is 2.67. The van der Waals surface area contributed by atoms with Crippen LogP contribution >= 0.6 is 0 Å². The third-order valence-corrected chi connectivity index (χ3v) is 5.72. The van der Waals surface area contributed by atoms with Crippen molar-refractivity contribution < 1.29 is 22.8 Å². The summed E-state index contributed by atoms with van der Waals surface area (Å²) in [5.74, 6) is -0.613. The van der Waals surface area contributed by atoms with Crippen molar-refractivity contribution in [2.45, 2.75) is 32.7 Å². The quantitative estimate of drug-likeness (QED) is 0.558. The van der Waals surface area contributed by atoms with Crippen LogP contribution in [0.1, 0.15) is 37.6 Å². The molecule has 0 aliphatic carbocycles. The van der Waals surface area contributed by atoms with Gasteiger partial charge in [0.25, 0.3) is 5.91 Å². The second-order valence-electron chi connectivity index (χ2n) is 7.45. The summed E-state index contributed by atoms with van der Waals surface area (Å²) in [4.78, 5) is 38.2. The van der Waals surface area contributed by atoms with E-state index in [1.165, 1.54) is 31.3 Å². The van der Waals surface area contributed by atoms with Crippen LogP contribution < -0.4 is 9.62 Å². The fourth-order valence-electron chi connectivity index (χ4n) is 3.13. The Morgan fingerprint density at radius 3 is 2.26 bits per heavy atom. The molecule has 1 saturated heterocycles. The second-order valence-corrected chi connectivity index (χ2v) is 9.47. The molecule has 2 rings (SSSR count). The largest absolute Gasteiger partial charge is 0.325 e. The minimum atomic E-state index is -3.40. The van der Waals surface area contributed by atoms with Crippen LogP contribution in [0.5, 0.6) is 0 Å². The zero-order valence-corrected chi connectivity index (χ0v) is 17.0. The van der Waals surface area contributed by atoms with Crippen LogP contribution in [0.2, 0.25) is 0 Å². The van der Waals surface area contributed by atoms with Gasteiger partial charge in [0, 0.05) is 12.6 Å². The maximum Gasteiger partial charge on any atom is 0.325 e. The van der Waals surface area contributed by atoms with E-state index in [0.717, 1.165) is 15.5 Å². The monoisotopic (exact) mass is 395 g/mol. The number of hydrogen-bond donors (Lipinski definition) is 1. The molecule has 148 valence electrons. The average Bonchev–Trinajstić information content (AvgIpc) is 2.75. The van der Waals surface area contributed by atoms with E-state index >= 15 is 0 Å². The molecule has 1 fully saturated rings. The summed E-state index contributed by atoms with van der Waals surface area (Å²) < 4.78 is 24.2. The molecular formula is C18H25N3O5S. The number of rotatable bonds is 7. The Bertz CT molecular complexity index is 863. The molecule has 3 amide bonds. The van der Waals surface area contributed by atoms with Gasteiger partial charge in [-0.05, 0) is 43.5 Å². The molecule has 1 heterocycles.